The maximum Gasteiger partial charge on any atom is 0.446 e. The van der Waals surface area contributed by atoms with Crippen LogP contribution in [-0.4, -0.2) is 83.5 Å². The molecule has 0 saturated carbocycles. The van der Waals surface area contributed by atoms with Crippen molar-refractivity contribution >= 4 is 53.0 Å². The molecule has 3 aromatic rings. The van der Waals surface area contributed by atoms with E-state index < -0.39 is 12.5 Å². The van der Waals surface area contributed by atoms with E-state index in [1.54, 1.807) is 16.0 Å². The molecule has 0 unspecified atom stereocenters. The van der Waals surface area contributed by atoms with Crippen molar-refractivity contribution in [3.63, 3.8) is 0 Å². The molecule has 1 aromatic heterocycles. The second-order valence-corrected chi connectivity index (χ2v) is 10.2. The highest BCUT2D eigenvalue weighted by atomic mass is 35.5. The van der Waals surface area contributed by atoms with E-state index in [9.17, 15) is 22.8 Å². The molecule has 44 heavy (non-hydrogen) atoms. The minimum Gasteiger partial charge on any atom is -0.483 e. The average molecular weight is 634 g/mol. The SMILES string of the molecule is CCNC(=O)N1CCN(C(=O)COc2ccc3cc2CCc2cccc(c2)Nc2ncc(Cl)c(n2)N3)CC1.O=CC(F)(F)F. The number of halogens is 4. The molecule has 2 aliphatic heterocycles. The zero-order chi connectivity index (χ0) is 31.7. The number of nitrogens with one attached hydrogen (secondary N) is 3. The molecule has 0 aliphatic carbocycles. The van der Waals surface area contributed by atoms with Crippen LogP contribution in [0.25, 0.3) is 0 Å². The topological polar surface area (TPSA) is 129 Å². The van der Waals surface area contributed by atoms with Crippen LogP contribution in [0.1, 0.15) is 18.1 Å². The molecular formula is C29H31ClF3N7O4. The molecule has 0 spiro atoms. The largest absolute Gasteiger partial charge is 0.483 e. The first-order valence-corrected chi connectivity index (χ1v) is 14.2. The normalized spacial score (nSPS) is 14.2. The Labute approximate surface area is 256 Å². The Bertz CT molecular complexity index is 1480. The molecule has 234 valence electrons. The summed E-state index contributed by atoms with van der Waals surface area (Å²) < 4.78 is 37.3. The quantitative estimate of drug-likeness (QED) is 0.352. The number of hydrogen-bond acceptors (Lipinski definition) is 8. The van der Waals surface area contributed by atoms with Crippen LogP contribution in [0.4, 0.5) is 41.1 Å². The van der Waals surface area contributed by atoms with E-state index in [0.717, 1.165) is 28.9 Å². The Morgan fingerprint density at radius 1 is 1.05 bits per heavy atom. The van der Waals surface area contributed by atoms with Crippen molar-refractivity contribution < 1.29 is 32.3 Å². The number of aryl methyl sites for hydroxylation is 2. The fraction of sp³-hybridized carbons (Fsp3) is 0.345. The van der Waals surface area contributed by atoms with Crippen LogP contribution in [0.2, 0.25) is 5.02 Å². The van der Waals surface area contributed by atoms with Gasteiger partial charge in [-0.15, -0.1) is 0 Å². The lowest BCUT2D eigenvalue weighted by Crippen LogP contribution is -2.53. The second-order valence-electron chi connectivity index (χ2n) is 9.81. The summed E-state index contributed by atoms with van der Waals surface area (Å²) in [5.41, 5.74) is 3.80. The van der Waals surface area contributed by atoms with E-state index in [1.807, 2.05) is 37.3 Å². The fourth-order valence-corrected chi connectivity index (χ4v) is 4.65. The molecule has 0 radical (unpaired) electrons. The summed E-state index contributed by atoms with van der Waals surface area (Å²) in [4.78, 5) is 45.9. The summed E-state index contributed by atoms with van der Waals surface area (Å²) in [5.74, 6) is 1.49. The van der Waals surface area contributed by atoms with Crippen molar-refractivity contribution in [2.45, 2.75) is 25.9 Å². The minimum atomic E-state index is -4.64. The molecule has 3 heterocycles. The molecule has 3 amide bonds. The number of nitrogens with zero attached hydrogens (tertiary/aromatic N) is 4. The van der Waals surface area contributed by atoms with Crippen LogP contribution >= 0.6 is 11.6 Å². The predicted molar refractivity (Wildman–Crippen MR) is 159 cm³/mol. The van der Waals surface area contributed by atoms with Gasteiger partial charge in [0.25, 0.3) is 5.91 Å². The van der Waals surface area contributed by atoms with Gasteiger partial charge in [-0.05, 0) is 61.2 Å². The number of fused-ring (bicyclic) bond motifs is 6. The van der Waals surface area contributed by atoms with Crippen molar-refractivity contribution in [1.29, 1.82) is 0 Å². The number of ether oxygens (including phenoxy) is 1. The highest BCUT2D eigenvalue weighted by molar-refractivity contribution is 6.32. The third-order valence-electron chi connectivity index (χ3n) is 6.67. The van der Waals surface area contributed by atoms with Crippen LogP contribution in [0.15, 0.2) is 48.7 Å². The van der Waals surface area contributed by atoms with E-state index in [2.05, 4.69) is 38.1 Å². The standard InChI is InChI=1S/C27H30ClN7O3.C2HF3O/c1-2-29-27(37)35-12-10-34(11-13-35)24(36)17-38-23-9-8-21-15-19(23)7-6-18-4-3-5-20(14-18)32-26-30-16-22(28)25(31-21)33-26;3-2(4,5)1-6/h3-5,8-9,14-16H,2,6-7,10-13,17H2,1H3,(H,29,37)(H2,30,31,32,33);1H. The smallest absolute Gasteiger partial charge is 0.446 e. The molecule has 6 bridgehead atoms. The molecule has 1 fully saturated rings. The molecule has 2 aliphatic rings. The monoisotopic (exact) mass is 633 g/mol. The van der Waals surface area contributed by atoms with Crippen LogP contribution in [-0.2, 0) is 22.4 Å². The van der Waals surface area contributed by atoms with Gasteiger partial charge in [-0.2, -0.15) is 18.2 Å². The molecule has 3 N–H and O–H groups in total. The van der Waals surface area contributed by atoms with Crippen LogP contribution in [0.3, 0.4) is 0 Å². The summed E-state index contributed by atoms with van der Waals surface area (Å²) in [6.45, 7) is 4.38. The zero-order valence-electron chi connectivity index (χ0n) is 23.8. The highest BCUT2D eigenvalue weighted by Gasteiger charge is 2.25. The second kappa shape index (κ2) is 14.7. The Morgan fingerprint density at radius 3 is 2.45 bits per heavy atom. The van der Waals surface area contributed by atoms with Crippen molar-refractivity contribution in [1.82, 2.24) is 25.1 Å². The Hall–Kier alpha value is -4.59. The number of hydrogen-bond donors (Lipinski definition) is 3. The summed E-state index contributed by atoms with van der Waals surface area (Å²) in [6, 6.07) is 13.7. The van der Waals surface area contributed by atoms with Gasteiger partial charge in [0.2, 0.25) is 12.2 Å². The number of aromatic nitrogens is 2. The number of rotatable bonds is 4. The van der Waals surface area contributed by atoms with Gasteiger partial charge >= 0.3 is 12.2 Å². The number of carbonyl (C=O) groups is 3. The molecule has 0 atom stereocenters. The van der Waals surface area contributed by atoms with E-state index in [4.69, 9.17) is 21.1 Å². The van der Waals surface area contributed by atoms with E-state index >= 15 is 0 Å². The van der Waals surface area contributed by atoms with Gasteiger partial charge in [0.15, 0.2) is 12.4 Å². The van der Waals surface area contributed by atoms with Crippen LogP contribution in [0, 0.1) is 0 Å². The van der Waals surface area contributed by atoms with E-state index in [0.29, 0.717) is 61.7 Å². The highest BCUT2D eigenvalue weighted by Crippen LogP contribution is 2.30. The Balaban J connectivity index is 0.000000670. The molecule has 5 rings (SSSR count). The Kier molecular flexibility index (Phi) is 10.8. The van der Waals surface area contributed by atoms with Crippen molar-refractivity contribution in [2.24, 2.45) is 0 Å². The van der Waals surface area contributed by atoms with Crippen molar-refractivity contribution in [2.75, 3.05) is 50.0 Å². The number of alkyl halides is 3. The maximum atomic E-state index is 12.9. The fourth-order valence-electron chi connectivity index (χ4n) is 4.51. The first-order chi connectivity index (χ1) is 21.0. The summed E-state index contributed by atoms with van der Waals surface area (Å²) >= 11 is 6.36. The minimum absolute atomic E-state index is 0.0680. The lowest BCUT2D eigenvalue weighted by molar-refractivity contribution is -0.156. The summed E-state index contributed by atoms with van der Waals surface area (Å²) in [7, 11) is 0. The predicted octanol–water partition coefficient (Wildman–Crippen LogP) is 4.72. The summed E-state index contributed by atoms with van der Waals surface area (Å²) in [6.07, 6.45) is -2.65. The van der Waals surface area contributed by atoms with Gasteiger partial charge in [0.05, 0.1) is 6.20 Å². The average Bonchev–Trinajstić information content (AvgIpc) is 3.01. The van der Waals surface area contributed by atoms with Crippen LogP contribution < -0.4 is 20.7 Å². The van der Waals surface area contributed by atoms with Gasteiger partial charge in [-0.3, -0.25) is 9.59 Å². The Morgan fingerprint density at radius 2 is 1.75 bits per heavy atom. The molecule has 2 aromatic carbocycles. The van der Waals surface area contributed by atoms with Gasteiger partial charge in [0.1, 0.15) is 10.8 Å². The molecule has 15 heteroatoms. The number of aldehydes is 1. The van der Waals surface area contributed by atoms with Crippen molar-refractivity contribution in [3.05, 3.63) is 64.8 Å². The molecule has 1 saturated heterocycles. The number of urea groups is 1. The van der Waals surface area contributed by atoms with E-state index in [1.165, 1.54) is 0 Å². The first kappa shape index (κ1) is 32.3. The number of anilines is 4. The van der Waals surface area contributed by atoms with Gasteiger partial charge in [0, 0.05) is 44.1 Å². The lowest BCUT2D eigenvalue weighted by atomic mass is 10.0. The van der Waals surface area contributed by atoms with E-state index in [-0.39, 0.29) is 18.5 Å². The first-order valence-electron chi connectivity index (χ1n) is 13.8. The number of amides is 3. The zero-order valence-corrected chi connectivity index (χ0v) is 24.5. The van der Waals surface area contributed by atoms with Crippen LogP contribution in [0.5, 0.6) is 5.75 Å². The number of carbonyl (C=O) groups excluding carboxylic acids is 3. The van der Waals surface area contributed by atoms with Crippen molar-refractivity contribution in [3.8, 4) is 5.75 Å². The molecule has 11 nitrogen and oxygen atoms in total. The summed E-state index contributed by atoms with van der Waals surface area (Å²) in [5, 5.41) is 9.71. The van der Waals surface area contributed by atoms with Gasteiger partial charge < -0.3 is 30.5 Å². The lowest BCUT2D eigenvalue weighted by Gasteiger charge is -2.34. The third kappa shape index (κ3) is 9.20. The number of piperazine rings is 1. The number of benzene rings is 2. The maximum absolute atomic E-state index is 12.9. The third-order valence-corrected chi connectivity index (χ3v) is 6.94. The molecular weight excluding hydrogens is 603 g/mol. The van der Waals surface area contributed by atoms with Gasteiger partial charge in [-0.25, -0.2) is 9.78 Å². The van der Waals surface area contributed by atoms with Gasteiger partial charge in [-0.1, -0.05) is 23.7 Å².